The molecule has 0 aromatic heterocycles. The monoisotopic (exact) mass is 812 g/mol. The Balaban J connectivity index is 1.20. The summed E-state index contributed by atoms with van der Waals surface area (Å²) < 4.78 is 49.4. The van der Waals surface area contributed by atoms with E-state index >= 15 is 0 Å². The molecular formula is C30H52O25. The van der Waals surface area contributed by atoms with Crippen LogP contribution < -0.4 is 0 Å². The van der Waals surface area contributed by atoms with Gasteiger partial charge < -0.3 is 124 Å². The highest BCUT2D eigenvalue weighted by Crippen LogP contribution is 2.35. The van der Waals surface area contributed by atoms with E-state index in [2.05, 4.69) is 0 Å². The average molecular weight is 813 g/mol. The summed E-state index contributed by atoms with van der Waals surface area (Å²) in [7, 11) is 0. The van der Waals surface area contributed by atoms with E-state index in [-0.39, 0.29) is 0 Å². The molecule has 55 heavy (non-hydrogen) atoms. The van der Waals surface area contributed by atoms with Crippen molar-refractivity contribution in [1.29, 1.82) is 0 Å². The van der Waals surface area contributed by atoms with Crippen molar-refractivity contribution in [2.45, 2.75) is 160 Å². The van der Waals surface area contributed by atoms with Gasteiger partial charge in [0.25, 0.3) is 0 Å². The molecule has 25 heteroatoms. The molecule has 0 amide bonds. The summed E-state index contributed by atoms with van der Waals surface area (Å²) in [6, 6.07) is 0. The minimum Gasteiger partial charge on any atom is -0.394 e. The fraction of sp³-hybridized carbons (Fsp3) is 1.00. The minimum absolute atomic E-state index is 0.791. The van der Waals surface area contributed by atoms with Crippen LogP contribution in [0.1, 0.15) is 6.92 Å². The number of rotatable bonds is 12. The van der Waals surface area contributed by atoms with Crippen LogP contribution in [0.5, 0.6) is 0 Å². The molecule has 0 radical (unpaired) electrons. The molecular weight excluding hydrogens is 760 g/mol. The van der Waals surface area contributed by atoms with Crippen LogP contribution in [0.25, 0.3) is 0 Å². The zero-order valence-electron chi connectivity index (χ0n) is 29.1. The molecule has 5 aliphatic heterocycles. The Hall–Kier alpha value is -1.00. The second-order valence-electron chi connectivity index (χ2n) is 13.9. The van der Waals surface area contributed by atoms with Gasteiger partial charge in [-0.15, -0.1) is 0 Å². The maximum Gasteiger partial charge on any atom is 0.187 e. The minimum atomic E-state index is -2.01. The summed E-state index contributed by atoms with van der Waals surface area (Å²) in [5, 5.41) is 165. The van der Waals surface area contributed by atoms with Gasteiger partial charge in [0.2, 0.25) is 0 Å². The molecule has 0 saturated carbocycles. The first-order chi connectivity index (χ1) is 26.0. The molecule has 5 aliphatic rings. The topological polar surface area (TPSA) is 407 Å². The van der Waals surface area contributed by atoms with E-state index in [0.717, 1.165) is 0 Å². The van der Waals surface area contributed by atoms with Crippen molar-refractivity contribution in [1.82, 2.24) is 0 Å². The Labute approximate surface area is 311 Å². The third kappa shape index (κ3) is 9.11. The van der Waals surface area contributed by atoms with E-state index < -0.39 is 180 Å². The van der Waals surface area contributed by atoms with Crippen molar-refractivity contribution in [2.24, 2.45) is 0 Å². The molecule has 5 rings (SSSR count). The van der Waals surface area contributed by atoms with Gasteiger partial charge in [-0.3, -0.25) is 0 Å². The van der Waals surface area contributed by atoms with E-state index in [4.69, 9.17) is 42.6 Å². The summed E-state index contributed by atoms with van der Waals surface area (Å²) in [6.07, 6.45) is -43.8. The van der Waals surface area contributed by atoms with Crippen LogP contribution in [-0.4, -0.2) is 262 Å². The Morgan fingerprint density at radius 2 is 0.636 bits per heavy atom. The molecule has 5 heterocycles. The molecule has 0 aliphatic carbocycles. The normalized spacial score (nSPS) is 53.9. The van der Waals surface area contributed by atoms with Crippen molar-refractivity contribution >= 4 is 0 Å². The third-order valence-electron chi connectivity index (χ3n) is 10.3. The van der Waals surface area contributed by atoms with E-state index in [1.54, 1.807) is 0 Å². The SMILES string of the molecule is C[C@H]1O[C@H](O[C@H]2[C@H](O)[C@@H](O)C(O[C@H]3[C@H](O)[C@@H](O)C(O)O[C@@H]3CO)O[C@@H]2CO)[C@H](O)[C@@H](O)[C@@H]1O[C@H]1O[C@H](CO)[C@@H](O[C@H]2O[C@H](CO)[C@@H](O)[C@H](O)[C@H]2O)[C@H](O)[C@H]1O. The van der Waals surface area contributed by atoms with Gasteiger partial charge in [0.1, 0.15) is 116 Å². The largest absolute Gasteiger partial charge is 0.394 e. The second kappa shape index (κ2) is 18.9. The van der Waals surface area contributed by atoms with Gasteiger partial charge in [-0.2, -0.15) is 0 Å². The molecule has 0 spiro atoms. The predicted molar refractivity (Wildman–Crippen MR) is 165 cm³/mol. The van der Waals surface area contributed by atoms with Crippen molar-refractivity contribution < 1.29 is 124 Å². The smallest absolute Gasteiger partial charge is 0.187 e. The lowest BCUT2D eigenvalue weighted by atomic mass is 9.95. The van der Waals surface area contributed by atoms with Crippen LogP contribution >= 0.6 is 0 Å². The lowest BCUT2D eigenvalue weighted by Gasteiger charge is -2.49. The second-order valence-corrected chi connectivity index (χ2v) is 13.9. The molecule has 0 aromatic rings. The maximum atomic E-state index is 11.1. The van der Waals surface area contributed by atoms with E-state index in [1.165, 1.54) is 6.92 Å². The molecule has 5 saturated heterocycles. The molecule has 25 nitrogen and oxygen atoms in total. The zero-order chi connectivity index (χ0) is 40.6. The summed E-state index contributed by atoms with van der Waals surface area (Å²) >= 11 is 0. The Morgan fingerprint density at radius 3 is 1.05 bits per heavy atom. The highest BCUT2D eigenvalue weighted by atomic mass is 16.8. The van der Waals surface area contributed by atoms with Crippen LogP contribution in [0.4, 0.5) is 0 Å². The average Bonchev–Trinajstić information content (AvgIpc) is 3.17. The van der Waals surface area contributed by atoms with Crippen molar-refractivity contribution in [3.05, 3.63) is 0 Å². The summed E-state index contributed by atoms with van der Waals surface area (Å²) in [5.74, 6) is 0. The first kappa shape index (κ1) is 45.1. The lowest BCUT2D eigenvalue weighted by Crippen LogP contribution is -2.67. The van der Waals surface area contributed by atoms with Crippen LogP contribution in [0.15, 0.2) is 0 Å². The van der Waals surface area contributed by atoms with Gasteiger partial charge in [0.15, 0.2) is 31.5 Å². The van der Waals surface area contributed by atoms with Gasteiger partial charge in [-0.1, -0.05) is 0 Å². The van der Waals surface area contributed by atoms with Crippen molar-refractivity contribution in [3.8, 4) is 0 Å². The molecule has 322 valence electrons. The number of aliphatic hydroxyl groups excluding tert-OH is 16. The highest BCUT2D eigenvalue weighted by molar-refractivity contribution is 4.98. The van der Waals surface area contributed by atoms with E-state index in [0.29, 0.717) is 0 Å². The molecule has 2 unspecified atom stereocenters. The van der Waals surface area contributed by atoms with Gasteiger partial charge in [0.05, 0.1) is 32.5 Å². The quantitative estimate of drug-likeness (QED) is 0.0870. The molecule has 25 atom stereocenters. The first-order valence-corrected chi connectivity index (χ1v) is 17.5. The van der Waals surface area contributed by atoms with Gasteiger partial charge >= 0.3 is 0 Å². The van der Waals surface area contributed by atoms with Gasteiger partial charge in [-0.25, -0.2) is 0 Å². The predicted octanol–water partition coefficient (Wildman–Crippen LogP) is -10.9. The third-order valence-corrected chi connectivity index (χ3v) is 10.3. The fourth-order valence-electron chi connectivity index (χ4n) is 7.01. The summed E-state index contributed by atoms with van der Waals surface area (Å²) in [5.41, 5.74) is 0. The van der Waals surface area contributed by atoms with Crippen LogP contribution in [0.3, 0.4) is 0 Å². The van der Waals surface area contributed by atoms with Crippen molar-refractivity contribution in [3.63, 3.8) is 0 Å². The van der Waals surface area contributed by atoms with E-state index in [1.807, 2.05) is 0 Å². The van der Waals surface area contributed by atoms with Gasteiger partial charge in [-0.05, 0) is 6.92 Å². The standard InChI is InChI=1S/C30H52O25/c1-6-22(52-29-20(44)15(39)25(10(5-34)50-29)55-28-18(42)12(36)11(35)7(2-31)49-28)14(38)19(43)27(47-6)53-24-9(4-33)51-30(21(45)16(24)40)54-23-8(3-32)48-26(46)17(41)13(23)37/h6-46H,2-5H2,1H3/t6-,7-,8-,9-,10-,11-,12+,13-,14-,15-,16-,17-,18-,19-,20-,21-,22-,23-,24-,25-,26?,27-,28-,29-,30?/m1/s1. The van der Waals surface area contributed by atoms with Crippen LogP contribution in [0, 0.1) is 0 Å². The first-order valence-electron chi connectivity index (χ1n) is 17.5. The van der Waals surface area contributed by atoms with Gasteiger partial charge in [0, 0.05) is 0 Å². The fourth-order valence-corrected chi connectivity index (χ4v) is 7.01. The van der Waals surface area contributed by atoms with E-state index in [9.17, 15) is 81.7 Å². The number of hydrogen-bond donors (Lipinski definition) is 16. The number of ether oxygens (including phenoxy) is 9. The molecule has 5 fully saturated rings. The van der Waals surface area contributed by atoms with Crippen LogP contribution in [0.2, 0.25) is 0 Å². The Kier molecular flexibility index (Phi) is 15.5. The van der Waals surface area contributed by atoms with Crippen LogP contribution in [-0.2, 0) is 42.6 Å². The lowest BCUT2D eigenvalue weighted by molar-refractivity contribution is -0.390. The number of hydrogen-bond acceptors (Lipinski definition) is 25. The highest BCUT2D eigenvalue weighted by Gasteiger charge is 2.56. The molecule has 0 aromatic carbocycles. The number of aliphatic hydroxyl groups is 16. The summed E-state index contributed by atoms with van der Waals surface area (Å²) in [4.78, 5) is 0. The Bertz CT molecular complexity index is 1180. The molecule has 16 N–H and O–H groups in total. The zero-order valence-corrected chi connectivity index (χ0v) is 29.1. The maximum absolute atomic E-state index is 11.1. The molecule has 0 bridgehead atoms. The summed E-state index contributed by atoms with van der Waals surface area (Å²) in [6.45, 7) is -2.07. The van der Waals surface area contributed by atoms with Crippen molar-refractivity contribution in [2.75, 3.05) is 26.4 Å². The Morgan fingerprint density at radius 1 is 0.327 bits per heavy atom.